The highest BCUT2D eigenvalue weighted by Gasteiger charge is 2.19. The molecule has 1 amide bonds. The van der Waals surface area contributed by atoms with Gasteiger partial charge < -0.3 is 19.9 Å². The maximum atomic E-state index is 12.2. The second-order valence-electron chi connectivity index (χ2n) is 5.00. The van der Waals surface area contributed by atoms with E-state index in [-0.39, 0.29) is 12.5 Å². The number of hydrogen-bond donors (Lipinski definition) is 1. The third-order valence-electron chi connectivity index (χ3n) is 3.53. The molecule has 0 bridgehead atoms. The lowest BCUT2D eigenvalue weighted by Gasteiger charge is -2.32. The average molecular weight is 421 g/mol. The van der Waals surface area contributed by atoms with Crippen LogP contribution in [0.5, 0.6) is 5.75 Å². The first kappa shape index (κ1) is 16.6. The van der Waals surface area contributed by atoms with Crippen molar-refractivity contribution in [2.75, 3.05) is 52.2 Å². The number of amides is 1. The van der Waals surface area contributed by atoms with Crippen molar-refractivity contribution in [1.82, 2.24) is 9.80 Å². The molecule has 0 aliphatic carbocycles. The molecule has 21 heavy (non-hydrogen) atoms. The van der Waals surface area contributed by atoms with Gasteiger partial charge in [0, 0.05) is 36.7 Å². The van der Waals surface area contributed by atoms with E-state index in [2.05, 4.69) is 49.1 Å². The lowest BCUT2D eigenvalue weighted by atomic mass is 10.3. The van der Waals surface area contributed by atoms with Crippen LogP contribution >= 0.6 is 31.9 Å². The molecule has 1 N–H and O–H groups in total. The monoisotopic (exact) mass is 419 g/mol. The number of ether oxygens (including phenoxy) is 1. The molecule has 5 nitrogen and oxygen atoms in total. The van der Waals surface area contributed by atoms with Gasteiger partial charge in [0.2, 0.25) is 5.91 Å². The molecule has 116 valence electrons. The molecule has 0 atom stereocenters. The summed E-state index contributed by atoms with van der Waals surface area (Å²) in [4.78, 5) is 16.3. The summed E-state index contributed by atoms with van der Waals surface area (Å²) in [6.07, 6.45) is 0. The first-order valence-corrected chi connectivity index (χ1v) is 8.33. The topological polar surface area (TPSA) is 44.8 Å². The fraction of sp³-hybridized carbons (Fsp3) is 0.500. The minimum atomic E-state index is 0.122. The summed E-state index contributed by atoms with van der Waals surface area (Å²) in [5.41, 5.74) is 0.845. The molecule has 0 unspecified atom stereocenters. The zero-order valence-corrected chi connectivity index (χ0v) is 15.3. The molecule has 0 aromatic heterocycles. The van der Waals surface area contributed by atoms with Crippen molar-refractivity contribution in [3.63, 3.8) is 0 Å². The lowest BCUT2D eigenvalue weighted by Crippen LogP contribution is -2.48. The van der Waals surface area contributed by atoms with Crippen LogP contribution in [0.1, 0.15) is 0 Å². The number of methoxy groups -OCH3 is 1. The largest absolute Gasteiger partial charge is 0.495 e. The van der Waals surface area contributed by atoms with Crippen molar-refractivity contribution in [3.8, 4) is 5.75 Å². The Morgan fingerprint density at radius 3 is 2.52 bits per heavy atom. The van der Waals surface area contributed by atoms with Crippen LogP contribution in [0, 0.1) is 0 Å². The van der Waals surface area contributed by atoms with Gasteiger partial charge in [0.25, 0.3) is 0 Å². The number of likely N-dealkylation sites (N-methyl/N-ethyl adjacent to an activating group) is 1. The third-order valence-corrected chi connectivity index (χ3v) is 4.80. The van der Waals surface area contributed by atoms with Crippen LogP contribution < -0.4 is 10.1 Å². The molecule has 1 fully saturated rings. The van der Waals surface area contributed by atoms with E-state index in [0.717, 1.165) is 46.6 Å². The molecule has 0 spiro atoms. The maximum Gasteiger partial charge on any atom is 0.241 e. The smallest absolute Gasteiger partial charge is 0.241 e. The number of benzene rings is 1. The predicted octanol–water partition coefficient (Wildman–Crippen LogP) is 2.41. The van der Waals surface area contributed by atoms with Gasteiger partial charge in [-0.3, -0.25) is 4.79 Å². The van der Waals surface area contributed by atoms with Gasteiger partial charge in [-0.05, 0) is 45.0 Å². The van der Waals surface area contributed by atoms with Crippen LogP contribution in [0.25, 0.3) is 0 Å². The lowest BCUT2D eigenvalue weighted by molar-refractivity contribution is -0.130. The van der Waals surface area contributed by atoms with Gasteiger partial charge in [-0.25, -0.2) is 0 Å². The number of carbonyl (C=O) groups is 1. The zero-order valence-electron chi connectivity index (χ0n) is 12.2. The Bertz CT molecular complexity index is 517. The summed E-state index contributed by atoms with van der Waals surface area (Å²) >= 11 is 6.91. The molecule has 0 saturated carbocycles. The van der Waals surface area contributed by atoms with Gasteiger partial charge in [0.1, 0.15) is 5.75 Å². The van der Waals surface area contributed by atoms with E-state index in [1.54, 1.807) is 7.11 Å². The molecule has 7 heteroatoms. The molecule has 1 aromatic rings. The van der Waals surface area contributed by atoms with Crippen molar-refractivity contribution in [3.05, 3.63) is 21.1 Å². The Kier molecular flexibility index (Phi) is 5.89. The van der Waals surface area contributed by atoms with Crippen molar-refractivity contribution in [1.29, 1.82) is 0 Å². The zero-order chi connectivity index (χ0) is 15.4. The summed E-state index contributed by atoms with van der Waals surface area (Å²) < 4.78 is 7.03. The molecule has 2 rings (SSSR count). The number of nitrogens with zero attached hydrogens (tertiary/aromatic N) is 2. The summed E-state index contributed by atoms with van der Waals surface area (Å²) in [7, 11) is 3.69. The number of anilines is 1. The fourth-order valence-electron chi connectivity index (χ4n) is 2.16. The van der Waals surface area contributed by atoms with Crippen molar-refractivity contribution in [2.24, 2.45) is 0 Å². The van der Waals surface area contributed by atoms with E-state index < -0.39 is 0 Å². The highest BCUT2D eigenvalue weighted by atomic mass is 79.9. The quantitative estimate of drug-likeness (QED) is 0.812. The Morgan fingerprint density at radius 1 is 1.24 bits per heavy atom. The standard InChI is InChI=1S/C14H19Br2N3O2/c1-18-3-5-19(6-4-18)14(20)9-17-12-8-13(21-2)11(16)7-10(12)15/h7-8,17H,3-6,9H2,1-2H3. The average Bonchev–Trinajstić information content (AvgIpc) is 2.47. The number of hydrogen-bond acceptors (Lipinski definition) is 4. The SMILES string of the molecule is COc1cc(NCC(=O)N2CCN(C)CC2)c(Br)cc1Br. The second-order valence-corrected chi connectivity index (χ2v) is 6.71. The summed E-state index contributed by atoms with van der Waals surface area (Å²) in [6, 6.07) is 3.77. The number of nitrogens with one attached hydrogen (secondary N) is 1. The summed E-state index contributed by atoms with van der Waals surface area (Å²) in [6.45, 7) is 3.74. The number of rotatable bonds is 4. The Balaban J connectivity index is 1.95. The van der Waals surface area contributed by atoms with Gasteiger partial charge in [-0.1, -0.05) is 0 Å². The Hall–Kier alpha value is -0.790. The Morgan fingerprint density at radius 2 is 1.90 bits per heavy atom. The first-order chi connectivity index (χ1) is 10.0. The molecular formula is C14H19Br2N3O2. The van der Waals surface area contributed by atoms with Crippen molar-refractivity contribution < 1.29 is 9.53 Å². The van der Waals surface area contributed by atoms with Gasteiger partial charge in [-0.15, -0.1) is 0 Å². The van der Waals surface area contributed by atoms with E-state index in [1.807, 2.05) is 17.0 Å². The van der Waals surface area contributed by atoms with Crippen LogP contribution in [0.4, 0.5) is 5.69 Å². The number of halogens is 2. The van der Waals surface area contributed by atoms with Crippen LogP contribution in [-0.4, -0.2) is 62.6 Å². The van der Waals surface area contributed by atoms with Crippen molar-refractivity contribution >= 4 is 43.5 Å². The van der Waals surface area contributed by atoms with E-state index in [0.29, 0.717) is 0 Å². The van der Waals surface area contributed by atoms with E-state index in [9.17, 15) is 4.79 Å². The summed E-state index contributed by atoms with van der Waals surface area (Å²) in [5, 5.41) is 3.17. The minimum absolute atomic E-state index is 0.122. The minimum Gasteiger partial charge on any atom is -0.495 e. The number of carbonyl (C=O) groups excluding carboxylic acids is 1. The van der Waals surface area contributed by atoms with E-state index >= 15 is 0 Å². The van der Waals surface area contributed by atoms with Gasteiger partial charge in [0.15, 0.2) is 0 Å². The third kappa shape index (κ3) is 4.34. The predicted molar refractivity (Wildman–Crippen MR) is 91.0 cm³/mol. The van der Waals surface area contributed by atoms with Crippen LogP contribution in [0.15, 0.2) is 21.1 Å². The van der Waals surface area contributed by atoms with Crippen LogP contribution in [0.3, 0.4) is 0 Å². The highest BCUT2D eigenvalue weighted by Crippen LogP contribution is 2.34. The molecule has 1 aliphatic heterocycles. The van der Waals surface area contributed by atoms with Crippen LogP contribution in [0.2, 0.25) is 0 Å². The van der Waals surface area contributed by atoms with Crippen LogP contribution in [-0.2, 0) is 4.79 Å². The Labute approximate surface area is 141 Å². The molecule has 1 aliphatic rings. The molecule has 1 saturated heterocycles. The van der Waals surface area contributed by atoms with E-state index in [4.69, 9.17) is 4.74 Å². The molecule has 1 heterocycles. The first-order valence-electron chi connectivity index (χ1n) is 6.74. The van der Waals surface area contributed by atoms with Gasteiger partial charge in [0.05, 0.1) is 23.8 Å². The molecular weight excluding hydrogens is 402 g/mol. The maximum absolute atomic E-state index is 12.2. The molecule has 1 aromatic carbocycles. The fourth-order valence-corrected chi connectivity index (χ4v) is 3.46. The van der Waals surface area contributed by atoms with Gasteiger partial charge in [-0.2, -0.15) is 0 Å². The molecule has 0 radical (unpaired) electrons. The van der Waals surface area contributed by atoms with Gasteiger partial charge >= 0.3 is 0 Å². The van der Waals surface area contributed by atoms with Crippen molar-refractivity contribution in [2.45, 2.75) is 0 Å². The highest BCUT2D eigenvalue weighted by molar-refractivity contribution is 9.11. The normalized spacial score (nSPS) is 15.9. The second kappa shape index (κ2) is 7.47. The summed E-state index contributed by atoms with van der Waals surface area (Å²) in [5.74, 6) is 0.852. The van der Waals surface area contributed by atoms with E-state index in [1.165, 1.54) is 0 Å². The number of piperazine rings is 1.